The molecule has 0 saturated carbocycles. The number of pyridine rings is 1. The van der Waals surface area contributed by atoms with E-state index in [1.54, 1.807) is 4.90 Å². The molecule has 0 bridgehead atoms. The fraction of sp³-hybridized carbons (Fsp3) is 0.200. The Morgan fingerprint density at radius 3 is 2.53 bits per heavy atom. The maximum Gasteiger partial charge on any atom is 0.335 e. The summed E-state index contributed by atoms with van der Waals surface area (Å²) in [4.78, 5) is 16.5. The van der Waals surface area contributed by atoms with Gasteiger partial charge in [0.2, 0.25) is 0 Å². The number of aromatic nitrogens is 1. The molecule has 0 unspecified atom stereocenters. The molecule has 15 heavy (non-hydrogen) atoms. The summed E-state index contributed by atoms with van der Waals surface area (Å²) in [7, 11) is 0. The van der Waals surface area contributed by atoms with Gasteiger partial charge in [0.25, 0.3) is 0 Å². The molecule has 0 atom stereocenters. The molecule has 0 aliphatic rings. The third kappa shape index (κ3) is 3.88. The van der Waals surface area contributed by atoms with Crippen LogP contribution in [-0.2, 0) is 32.7 Å². The predicted molar refractivity (Wildman–Crippen MR) is 54.1 cm³/mol. The normalized spacial score (nSPS) is 9.20. The second-order valence-corrected chi connectivity index (χ2v) is 2.69. The summed E-state index contributed by atoms with van der Waals surface area (Å²) in [5.41, 5.74) is 0.224. The van der Waals surface area contributed by atoms with E-state index in [-0.39, 0.29) is 38.3 Å². The molecule has 0 saturated heterocycles. The second kappa shape index (κ2) is 6.91. The summed E-state index contributed by atoms with van der Waals surface area (Å²) in [6, 6.07) is 2.97. The molecule has 1 aromatic rings. The van der Waals surface area contributed by atoms with Gasteiger partial charge < -0.3 is 23.9 Å². The third-order valence-electron chi connectivity index (χ3n) is 1.86. The summed E-state index contributed by atoms with van der Waals surface area (Å²) in [5, 5.41) is 8.76. The fourth-order valence-electron chi connectivity index (χ4n) is 1.07. The molecule has 0 aliphatic carbocycles. The summed E-state index contributed by atoms with van der Waals surface area (Å²) < 4.78 is 0. The van der Waals surface area contributed by atoms with Crippen LogP contribution in [0.5, 0.6) is 0 Å². The largest absolute Gasteiger partial charge is 0.478 e. The van der Waals surface area contributed by atoms with Gasteiger partial charge in [-0.1, -0.05) is 0 Å². The van der Waals surface area contributed by atoms with Crippen LogP contribution in [0, 0.1) is 13.8 Å². The first kappa shape index (κ1) is 14.5. The number of rotatable bonds is 4. The Kier molecular flexibility index (Phi) is 6.69. The number of carboxylic acids is 1. The van der Waals surface area contributed by atoms with Crippen molar-refractivity contribution in [1.82, 2.24) is 4.98 Å². The molecule has 4 nitrogen and oxygen atoms in total. The Morgan fingerprint density at radius 2 is 2.07 bits per heavy atom. The van der Waals surface area contributed by atoms with Gasteiger partial charge in [-0.15, -0.1) is 13.1 Å². The molecular weight excluding hydrogens is 269 g/mol. The van der Waals surface area contributed by atoms with Crippen molar-refractivity contribution >= 4 is 11.8 Å². The van der Waals surface area contributed by atoms with Crippen LogP contribution in [0.25, 0.3) is 0 Å². The van der Waals surface area contributed by atoms with Crippen molar-refractivity contribution in [2.75, 3.05) is 18.0 Å². The molecule has 1 rings (SSSR count). The molecule has 0 fully saturated rings. The number of nitrogens with zero attached hydrogens (tertiary/aromatic N) is 2. The van der Waals surface area contributed by atoms with Crippen LogP contribution >= 0.6 is 0 Å². The first-order valence-corrected chi connectivity index (χ1v) is 4.21. The Bertz CT molecular complexity index is 327. The number of hydrogen-bond donors (Lipinski definition) is 1. The van der Waals surface area contributed by atoms with Crippen molar-refractivity contribution in [3.8, 4) is 0 Å². The average Bonchev–Trinajstić information content (AvgIpc) is 2.20. The molecule has 1 heterocycles. The summed E-state index contributed by atoms with van der Waals surface area (Å²) in [6.07, 6.45) is 1.47. The first-order valence-electron chi connectivity index (χ1n) is 4.21. The zero-order valence-corrected chi connectivity index (χ0v) is 11.2. The van der Waals surface area contributed by atoms with Crippen LogP contribution in [0.4, 0.5) is 5.82 Å². The Labute approximate surface area is 115 Å². The number of hydrogen-bond acceptors (Lipinski definition) is 3. The molecule has 1 aromatic heterocycles. The molecule has 0 aliphatic heterocycles. The van der Waals surface area contributed by atoms with E-state index >= 15 is 0 Å². The minimum Gasteiger partial charge on any atom is -0.478 e. The van der Waals surface area contributed by atoms with Crippen molar-refractivity contribution in [3.05, 3.63) is 37.7 Å². The SMILES string of the molecule is [CH2-]CN(C[CH2-])c1cc(C(=O)O)ccn1.[Y]. The molecule has 0 aromatic carbocycles. The van der Waals surface area contributed by atoms with Crippen LogP contribution < -0.4 is 4.90 Å². The van der Waals surface area contributed by atoms with Crippen LogP contribution in [0.1, 0.15) is 10.4 Å². The number of carboxylic acid groups (broad SMARTS) is 1. The van der Waals surface area contributed by atoms with E-state index in [0.29, 0.717) is 18.9 Å². The van der Waals surface area contributed by atoms with Gasteiger partial charge in [0.1, 0.15) is 5.82 Å². The summed E-state index contributed by atoms with van der Waals surface area (Å²) >= 11 is 0. The Balaban J connectivity index is 0.00000196. The Hall–Kier alpha value is -0.476. The third-order valence-corrected chi connectivity index (χ3v) is 1.86. The van der Waals surface area contributed by atoms with E-state index in [0.717, 1.165) is 0 Å². The Morgan fingerprint density at radius 1 is 1.47 bits per heavy atom. The minimum absolute atomic E-state index is 0. The van der Waals surface area contributed by atoms with Gasteiger partial charge in [0, 0.05) is 38.9 Å². The number of anilines is 1. The maximum absolute atomic E-state index is 10.7. The maximum atomic E-state index is 10.7. The van der Waals surface area contributed by atoms with Crippen LogP contribution in [-0.4, -0.2) is 29.1 Å². The smallest absolute Gasteiger partial charge is 0.335 e. The number of carbonyl (C=O) groups is 1. The van der Waals surface area contributed by atoms with Crippen LogP contribution in [0.3, 0.4) is 0 Å². The van der Waals surface area contributed by atoms with E-state index in [1.807, 2.05) is 0 Å². The first-order chi connectivity index (χ1) is 6.69. The van der Waals surface area contributed by atoms with E-state index in [4.69, 9.17) is 5.11 Å². The molecule has 1 radical (unpaired) electrons. The molecule has 0 amide bonds. The van der Waals surface area contributed by atoms with E-state index < -0.39 is 5.97 Å². The van der Waals surface area contributed by atoms with Crippen LogP contribution in [0.2, 0.25) is 0 Å². The van der Waals surface area contributed by atoms with Gasteiger partial charge in [-0.2, -0.15) is 0 Å². The molecule has 1 N–H and O–H groups in total. The number of aromatic carboxylic acids is 1. The topological polar surface area (TPSA) is 53.4 Å². The molecule has 79 valence electrons. The molecular formula is C10H12N2O2Y-2. The van der Waals surface area contributed by atoms with Gasteiger partial charge in [-0.3, -0.25) is 0 Å². The monoisotopic (exact) mass is 281 g/mol. The average molecular weight is 281 g/mol. The quantitative estimate of drug-likeness (QED) is 0.844. The standard InChI is InChI=1S/C10H12N2O2.Y/c1-3-12(4-2)9-7-8(10(13)14)5-6-11-9;/h5-7H,1-4H2,(H,13,14);/q-2;. The van der Waals surface area contributed by atoms with Gasteiger partial charge in [0.05, 0.1) is 5.56 Å². The van der Waals surface area contributed by atoms with Crippen molar-refractivity contribution in [2.24, 2.45) is 0 Å². The van der Waals surface area contributed by atoms with Gasteiger partial charge in [0.15, 0.2) is 0 Å². The zero-order chi connectivity index (χ0) is 10.6. The van der Waals surface area contributed by atoms with E-state index in [9.17, 15) is 4.79 Å². The van der Waals surface area contributed by atoms with E-state index in [2.05, 4.69) is 18.8 Å². The second-order valence-electron chi connectivity index (χ2n) is 2.69. The zero-order valence-electron chi connectivity index (χ0n) is 8.39. The van der Waals surface area contributed by atoms with Gasteiger partial charge >= 0.3 is 5.97 Å². The van der Waals surface area contributed by atoms with Crippen molar-refractivity contribution < 1.29 is 42.6 Å². The molecule has 5 heteroatoms. The molecule has 0 spiro atoms. The minimum atomic E-state index is -0.957. The van der Waals surface area contributed by atoms with Gasteiger partial charge in [-0.25, -0.2) is 9.78 Å². The van der Waals surface area contributed by atoms with Crippen molar-refractivity contribution in [1.29, 1.82) is 0 Å². The van der Waals surface area contributed by atoms with E-state index in [1.165, 1.54) is 18.3 Å². The summed E-state index contributed by atoms with van der Waals surface area (Å²) in [6.45, 7) is 8.44. The van der Waals surface area contributed by atoms with Gasteiger partial charge in [-0.05, 0) is 12.1 Å². The predicted octanol–water partition coefficient (Wildman–Crippen LogP) is 1.25. The summed E-state index contributed by atoms with van der Waals surface area (Å²) in [5.74, 6) is -0.364. The fourth-order valence-corrected chi connectivity index (χ4v) is 1.07. The van der Waals surface area contributed by atoms with Crippen molar-refractivity contribution in [3.63, 3.8) is 0 Å². The van der Waals surface area contributed by atoms with Crippen LogP contribution in [0.15, 0.2) is 18.3 Å². The van der Waals surface area contributed by atoms with Crippen molar-refractivity contribution in [2.45, 2.75) is 0 Å².